The van der Waals surface area contributed by atoms with Crippen molar-refractivity contribution in [1.29, 1.82) is 0 Å². The van der Waals surface area contributed by atoms with Crippen molar-refractivity contribution < 1.29 is 0 Å². The first-order valence-corrected chi connectivity index (χ1v) is 6.91. The van der Waals surface area contributed by atoms with Gasteiger partial charge in [0.25, 0.3) is 0 Å². The Morgan fingerprint density at radius 3 is 2.00 bits per heavy atom. The lowest BCUT2D eigenvalue weighted by molar-refractivity contribution is 0.246. The predicted molar refractivity (Wildman–Crippen MR) is 81.7 cm³/mol. The Bertz CT molecular complexity index is 276. The summed E-state index contributed by atoms with van der Waals surface area (Å²) in [5, 5.41) is 0. The quantitative estimate of drug-likeness (QED) is 0.694. The second-order valence-electron chi connectivity index (χ2n) is 7.14. The lowest BCUT2D eigenvalue weighted by Crippen LogP contribution is -2.29. The molecule has 0 aliphatic carbocycles. The summed E-state index contributed by atoms with van der Waals surface area (Å²) >= 11 is 0. The fourth-order valence-corrected chi connectivity index (χ4v) is 2.23. The fraction of sp³-hybridized carbons (Fsp3) is 0.875. The topological polar surface area (TPSA) is 6.48 Å². The van der Waals surface area contributed by atoms with Crippen LogP contribution in [0.2, 0.25) is 0 Å². The van der Waals surface area contributed by atoms with Crippen molar-refractivity contribution in [2.24, 2.45) is 11.3 Å². The Labute approximate surface area is 115 Å². The van der Waals surface area contributed by atoms with Crippen LogP contribution >= 0.6 is 0 Å². The molecule has 18 heavy (non-hydrogen) atoms. The summed E-state index contributed by atoms with van der Waals surface area (Å²) in [4.78, 5) is 4.35. The van der Waals surface area contributed by atoms with E-state index >= 15 is 0 Å². The first-order chi connectivity index (χ1) is 8.11. The van der Waals surface area contributed by atoms with Crippen LogP contribution < -0.4 is 0 Å². The molecule has 0 aromatic rings. The monoisotopic (exact) mass is 252 g/mol. The zero-order valence-electron chi connectivity index (χ0n) is 13.7. The van der Waals surface area contributed by atoms with Crippen LogP contribution in [0.4, 0.5) is 0 Å². The van der Waals surface area contributed by atoms with Crippen LogP contribution in [-0.2, 0) is 0 Å². The minimum atomic E-state index is 0.377. The van der Waals surface area contributed by atoms with Crippen LogP contribution in [0.3, 0.4) is 0 Å². The van der Waals surface area contributed by atoms with E-state index < -0.39 is 0 Å². The second-order valence-corrected chi connectivity index (χ2v) is 7.14. The summed E-state index contributed by atoms with van der Waals surface area (Å²) in [6.45, 7) is 10.1. The van der Waals surface area contributed by atoms with Crippen molar-refractivity contribution in [2.45, 2.75) is 46.6 Å². The molecule has 0 N–H and O–H groups in total. The molecule has 0 unspecified atom stereocenters. The highest BCUT2D eigenvalue weighted by Crippen LogP contribution is 2.27. The molecule has 0 rings (SSSR count). The van der Waals surface area contributed by atoms with Crippen LogP contribution in [-0.4, -0.2) is 50.6 Å². The van der Waals surface area contributed by atoms with Crippen molar-refractivity contribution in [3.63, 3.8) is 0 Å². The zero-order valence-corrected chi connectivity index (χ0v) is 13.7. The molecule has 0 radical (unpaired) electrons. The Hall–Kier alpha value is -0.520. The van der Waals surface area contributed by atoms with Gasteiger partial charge in [-0.1, -0.05) is 39.5 Å². The van der Waals surface area contributed by atoms with E-state index in [1.807, 2.05) is 0 Å². The maximum Gasteiger partial charge on any atom is 0.0712 e. The Morgan fingerprint density at radius 1 is 1.06 bits per heavy atom. The van der Waals surface area contributed by atoms with Gasteiger partial charge in [-0.3, -0.25) is 9.80 Å². The van der Waals surface area contributed by atoms with E-state index in [2.05, 4.69) is 77.5 Å². The highest BCUT2D eigenvalue weighted by atomic mass is 15.1. The summed E-state index contributed by atoms with van der Waals surface area (Å²) < 4.78 is 0. The van der Waals surface area contributed by atoms with Gasteiger partial charge in [-0.05, 0) is 52.4 Å². The zero-order chi connectivity index (χ0) is 14.3. The average Bonchev–Trinajstić information content (AvgIpc) is 2.12. The second kappa shape index (κ2) is 7.81. The molecular formula is C16H32N2. The van der Waals surface area contributed by atoms with E-state index in [1.54, 1.807) is 0 Å². The van der Waals surface area contributed by atoms with Crippen LogP contribution in [0, 0.1) is 23.2 Å². The van der Waals surface area contributed by atoms with E-state index in [1.165, 1.54) is 6.42 Å². The van der Waals surface area contributed by atoms with Crippen LogP contribution in [0.15, 0.2) is 0 Å². The summed E-state index contributed by atoms with van der Waals surface area (Å²) in [5.74, 6) is 7.38. The minimum absolute atomic E-state index is 0.377. The minimum Gasteiger partial charge on any atom is -0.299 e. The van der Waals surface area contributed by atoms with Gasteiger partial charge in [-0.25, -0.2) is 0 Å². The maximum atomic E-state index is 3.40. The fourth-order valence-electron chi connectivity index (χ4n) is 2.23. The van der Waals surface area contributed by atoms with Gasteiger partial charge >= 0.3 is 0 Å². The van der Waals surface area contributed by atoms with Gasteiger partial charge in [-0.2, -0.15) is 0 Å². The summed E-state index contributed by atoms with van der Waals surface area (Å²) in [7, 11) is 8.36. The summed E-state index contributed by atoms with van der Waals surface area (Å²) in [6, 6.07) is 0.377. The highest BCUT2D eigenvalue weighted by Gasteiger charge is 2.19. The predicted octanol–water partition coefficient (Wildman–Crippen LogP) is 2.94. The maximum absolute atomic E-state index is 3.40. The number of hydrogen-bond acceptors (Lipinski definition) is 2. The molecule has 0 bridgehead atoms. The third kappa shape index (κ3) is 9.50. The van der Waals surface area contributed by atoms with Gasteiger partial charge < -0.3 is 0 Å². The third-order valence-electron chi connectivity index (χ3n) is 2.87. The third-order valence-corrected chi connectivity index (χ3v) is 2.87. The van der Waals surface area contributed by atoms with Gasteiger partial charge in [0.05, 0.1) is 12.6 Å². The van der Waals surface area contributed by atoms with E-state index in [4.69, 9.17) is 0 Å². The summed E-state index contributed by atoms with van der Waals surface area (Å²) in [5.41, 5.74) is 0.410. The SMILES string of the molecule is C[C@@H](C[C@H](C#CCN(C)C)N(C)C)CC(C)(C)C. The van der Waals surface area contributed by atoms with E-state index in [-0.39, 0.29) is 0 Å². The van der Waals surface area contributed by atoms with Crippen molar-refractivity contribution >= 4 is 0 Å². The van der Waals surface area contributed by atoms with Crippen molar-refractivity contribution in [3.05, 3.63) is 0 Å². The van der Waals surface area contributed by atoms with Gasteiger partial charge in [-0.15, -0.1) is 0 Å². The molecule has 0 spiro atoms. The molecule has 2 atom stereocenters. The van der Waals surface area contributed by atoms with Gasteiger partial charge in [0.2, 0.25) is 0 Å². The first kappa shape index (κ1) is 17.5. The molecule has 2 heteroatoms. The van der Waals surface area contributed by atoms with E-state index in [0.29, 0.717) is 17.4 Å². The molecule has 2 nitrogen and oxygen atoms in total. The average molecular weight is 252 g/mol. The standard InChI is InChI=1S/C16H32N2/c1-14(13-16(2,3)4)12-15(18(7)8)10-9-11-17(5)6/h14-15H,11-13H2,1-8H3/t14-,15-/m0/s1. The lowest BCUT2D eigenvalue weighted by Gasteiger charge is -2.27. The molecule has 0 heterocycles. The number of hydrogen-bond donors (Lipinski definition) is 0. The van der Waals surface area contributed by atoms with Crippen LogP contribution in [0.5, 0.6) is 0 Å². The molecule has 106 valence electrons. The molecule has 0 saturated heterocycles. The molecule has 0 aromatic carbocycles. The first-order valence-electron chi connectivity index (χ1n) is 6.91. The van der Waals surface area contributed by atoms with Crippen molar-refractivity contribution in [3.8, 4) is 11.8 Å². The molecule has 0 aliphatic rings. The molecule has 0 aromatic heterocycles. The molecular weight excluding hydrogens is 220 g/mol. The Morgan fingerprint density at radius 2 is 1.61 bits per heavy atom. The van der Waals surface area contributed by atoms with Gasteiger partial charge in [0, 0.05) is 0 Å². The van der Waals surface area contributed by atoms with Crippen LogP contribution in [0.1, 0.15) is 40.5 Å². The van der Waals surface area contributed by atoms with Crippen molar-refractivity contribution in [1.82, 2.24) is 9.80 Å². The van der Waals surface area contributed by atoms with Crippen LogP contribution in [0.25, 0.3) is 0 Å². The van der Waals surface area contributed by atoms with Gasteiger partial charge in [0.1, 0.15) is 0 Å². The Kier molecular flexibility index (Phi) is 7.59. The number of nitrogens with zero attached hydrogens (tertiary/aromatic N) is 2. The lowest BCUT2D eigenvalue weighted by atomic mass is 9.83. The summed E-state index contributed by atoms with van der Waals surface area (Å²) in [6.07, 6.45) is 2.41. The highest BCUT2D eigenvalue weighted by molar-refractivity contribution is 5.09. The molecule has 0 saturated carbocycles. The van der Waals surface area contributed by atoms with Crippen molar-refractivity contribution in [2.75, 3.05) is 34.7 Å². The smallest absolute Gasteiger partial charge is 0.0712 e. The molecule has 0 aliphatic heterocycles. The van der Waals surface area contributed by atoms with E-state index in [9.17, 15) is 0 Å². The van der Waals surface area contributed by atoms with E-state index in [0.717, 1.165) is 13.0 Å². The normalized spacial score (nSPS) is 15.4. The largest absolute Gasteiger partial charge is 0.299 e. The molecule has 0 amide bonds. The Balaban J connectivity index is 4.39. The van der Waals surface area contributed by atoms with Gasteiger partial charge in [0.15, 0.2) is 0 Å². The molecule has 0 fully saturated rings. The number of rotatable bonds is 5.